The summed E-state index contributed by atoms with van der Waals surface area (Å²) in [4.78, 5) is 7.14. The smallest absolute Gasteiger partial charge is 0.0924 e. The highest BCUT2D eigenvalue weighted by Crippen LogP contribution is 2.19. The van der Waals surface area contributed by atoms with Gasteiger partial charge in [0.05, 0.1) is 18.2 Å². The number of aromatic nitrogens is 2. The molecule has 0 radical (unpaired) electrons. The molecule has 1 aromatic heterocycles. The Labute approximate surface area is 109 Å². The van der Waals surface area contributed by atoms with Crippen LogP contribution in [0.4, 0.5) is 5.69 Å². The molecule has 96 valence electrons. The fourth-order valence-corrected chi connectivity index (χ4v) is 2.02. The number of rotatable bonds is 6. The normalized spacial score (nSPS) is 10.8. The maximum absolute atomic E-state index is 4.03. The lowest BCUT2D eigenvalue weighted by atomic mass is 10.0. The van der Waals surface area contributed by atoms with Crippen molar-refractivity contribution in [2.75, 3.05) is 11.9 Å². The van der Waals surface area contributed by atoms with E-state index in [1.165, 1.54) is 24.1 Å². The Bertz CT molecular complexity index is 441. The Morgan fingerprint density at radius 2 is 1.89 bits per heavy atom. The minimum atomic E-state index is 0.761. The predicted molar refractivity (Wildman–Crippen MR) is 76.6 cm³/mol. The van der Waals surface area contributed by atoms with Gasteiger partial charge in [0.25, 0.3) is 0 Å². The molecule has 0 bridgehead atoms. The van der Waals surface area contributed by atoms with E-state index >= 15 is 0 Å². The van der Waals surface area contributed by atoms with Crippen molar-refractivity contribution in [3.05, 3.63) is 36.8 Å². The van der Waals surface area contributed by atoms with Gasteiger partial charge in [0, 0.05) is 12.2 Å². The molecule has 0 spiro atoms. The highest BCUT2D eigenvalue weighted by molar-refractivity contribution is 5.61. The molecule has 2 rings (SSSR count). The zero-order valence-corrected chi connectivity index (χ0v) is 11.1. The summed E-state index contributed by atoms with van der Waals surface area (Å²) in [6, 6.07) is 8.47. The third kappa shape index (κ3) is 3.13. The lowest BCUT2D eigenvalue weighted by Crippen LogP contribution is -2.12. The van der Waals surface area contributed by atoms with E-state index in [2.05, 4.69) is 53.4 Å². The van der Waals surface area contributed by atoms with E-state index in [1.807, 2.05) is 6.20 Å². The zero-order valence-electron chi connectivity index (χ0n) is 11.1. The molecule has 0 aliphatic rings. The summed E-state index contributed by atoms with van der Waals surface area (Å²) in [5, 5.41) is 3.49. The van der Waals surface area contributed by atoms with E-state index in [9.17, 15) is 0 Å². The van der Waals surface area contributed by atoms with Crippen molar-refractivity contribution < 1.29 is 0 Å². The van der Waals surface area contributed by atoms with Gasteiger partial charge in [-0.2, -0.15) is 0 Å². The number of hydrogen-bond acceptors (Lipinski definition) is 2. The van der Waals surface area contributed by atoms with Gasteiger partial charge >= 0.3 is 0 Å². The molecule has 3 heteroatoms. The van der Waals surface area contributed by atoms with Crippen LogP contribution in [0, 0.1) is 5.92 Å². The number of H-pyrrole nitrogens is 1. The molecule has 3 nitrogen and oxygen atoms in total. The second-order valence-corrected chi connectivity index (χ2v) is 4.61. The lowest BCUT2D eigenvalue weighted by molar-refractivity contribution is 0.519. The molecular weight excluding hydrogens is 222 g/mol. The number of hydrogen-bond donors (Lipinski definition) is 2. The summed E-state index contributed by atoms with van der Waals surface area (Å²) in [5.74, 6) is 0.761. The first-order valence-electron chi connectivity index (χ1n) is 6.66. The molecule has 2 aromatic rings. The van der Waals surface area contributed by atoms with E-state index < -0.39 is 0 Å². The Morgan fingerprint density at radius 3 is 2.44 bits per heavy atom. The van der Waals surface area contributed by atoms with Crippen molar-refractivity contribution in [1.29, 1.82) is 0 Å². The lowest BCUT2D eigenvalue weighted by Gasteiger charge is -2.14. The first-order chi connectivity index (χ1) is 8.83. The first-order valence-corrected chi connectivity index (χ1v) is 6.66. The van der Waals surface area contributed by atoms with Crippen molar-refractivity contribution in [3.63, 3.8) is 0 Å². The molecule has 1 heterocycles. The topological polar surface area (TPSA) is 40.7 Å². The van der Waals surface area contributed by atoms with Crippen molar-refractivity contribution in [2.24, 2.45) is 5.92 Å². The average Bonchev–Trinajstić information content (AvgIpc) is 2.94. The Balaban J connectivity index is 1.96. The molecule has 0 atom stereocenters. The molecule has 0 amide bonds. The molecule has 0 aliphatic heterocycles. The predicted octanol–water partition coefficient (Wildman–Crippen LogP) is 3.92. The maximum atomic E-state index is 4.03. The molecular formula is C15H21N3. The second kappa shape index (κ2) is 6.24. The third-order valence-electron chi connectivity index (χ3n) is 3.44. The summed E-state index contributed by atoms with van der Waals surface area (Å²) in [6.07, 6.45) is 6.01. The van der Waals surface area contributed by atoms with Crippen molar-refractivity contribution in [2.45, 2.75) is 26.7 Å². The SMILES string of the molecule is CCC(CC)CNc1ccc(-c2cnc[nH]2)cc1. The number of aromatic amines is 1. The number of anilines is 1. The second-order valence-electron chi connectivity index (χ2n) is 4.61. The summed E-state index contributed by atoms with van der Waals surface area (Å²) in [6.45, 7) is 5.55. The molecule has 0 aliphatic carbocycles. The summed E-state index contributed by atoms with van der Waals surface area (Å²) in [5.41, 5.74) is 3.41. The van der Waals surface area contributed by atoms with Crippen LogP contribution in [0.3, 0.4) is 0 Å². The van der Waals surface area contributed by atoms with E-state index in [0.29, 0.717) is 0 Å². The van der Waals surface area contributed by atoms with Crippen molar-refractivity contribution in [3.8, 4) is 11.3 Å². The first kappa shape index (κ1) is 12.7. The van der Waals surface area contributed by atoms with E-state index in [0.717, 1.165) is 18.2 Å². The molecule has 0 fully saturated rings. The average molecular weight is 243 g/mol. The van der Waals surface area contributed by atoms with Crippen LogP contribution in [0.5, 0.6) is 0 Å². The number of nitrogens with zero attached hydrogens (tertiary/aromatic N) is 1. The summed E-state index contributed by atoms with van der Waals surface area (Å²) < 4.78 is 0. The van der Waals surface area contributed by atoms with Crippen LogP contribution >= 0.6 is 0 Å². The van der Waals surface area contributed by atoms with Crippen molar-refractivity contribution >= 4 is 5.69 Å². The van der Waals surface area contributed by atoms with Crippen LogP contribution in [0.15, 0.2) is 36.8 Å². The molecule has 0 unspecified atom stereocenters. The van der Waals surface area contributed by atoms with Gasteiger partial charge in [0.15, 0.2) is 0 Å². The highest BCUT2D eigenvalue weighted by atomic mass is 14.9. The van der Waals surface area contributed by atoms with Gasteiger partial charge in [0.1, 0.15) is 0 Å². The van der Waals surface area contributed by atoms with Crippen LogP contribution < -0.4 is 5.32 Å². The van der Waals surface area contributed by atoms with Crippen LogP contribution in [0.2, 0.25) is 0 Å². The minimum absolute atomic E-state index is 0.761. The van der Waals surface area contributed by atoms with Gasteiger partial charge in [-0.1, -0.05) is 38.8 Å². The highest BCUT2D eigenvalue weighted by Gasteiger charge is 2.03. The zero-order chi connectivity index (χ0) is 12.8. The largest absolute Gasteiger partial charge is 0.385 e. The standard InChI is InChI=1S/C15H21N3/c1-3-12(4-2)9-17-14-7-5-13(6-8-14)15-10-16-11-18-15/h5-8,10-12,17H,3-4,9H2,1-2H3,(H,16,18). The molecule has 18 heavy (non-hydrogen) atoms. The van der Waals surface area contributed by atoms with Crippen LogP contribution in [0.1, 0.15) is 26.7 Å². The van der Waals surface area contributed by atoms with Gasteiger partial charge in [-0.15, -0.1) is 0 Å². The fourth-order valence-electron chi connectivity index (χ4n) is 2.02. The van der Waals surface area contributed by atoms with Gasteiger partial charge in [-0.25, -0.2) is 4.98 Å². The minimum Gasteiger partial charge on any atom is -0.385 e. The summed E-state index contributed by atoms with van der Waals surface area (Å²) in [7, 11) is 0. The molecule has 1 aromatic carbocycles. The Morgan fingerprint density at radius 1 is 1.17 bits per heavy atom. The fraction of sp³-hybridized carbons (Fsp3) is 0.400. The maximum Gasteiger partial charge on any atom is 0.0924 e. The Hall–Kier alpha value is -1.77. The molecule has 2 N–H and O–H groups in total. The van der Waals surface area contributed by atoms with E-state index in [4.69, 9.17) is 0 Å². The Kier molecular flexibility index (Phi) is 4.40. The number of imidazole rings is 1. The van der Waals surface area contributed by atoms with Crippen LogP contribution in [-0.4, -0.2) is 16.5 Å². The summed E-state index contributed by atoms with van der Waals surface area (Å²) >= 11 is 0. The number of nitrogens with one attached hydrogen (secondary N) is 2. The van der Waals surface area contributed by atoms with Gasteiger partial charge in [-0.3, -0.25) is 0 Å². The van der Waals surface area contributed by atoms with Crippen LogP contribution in [0.25, 0.3) is 11.3 Å². The van der Waals surface area contributed by atoms with E-state index in [-0.39, 0.29) is 0 Å². The monoisotopic (exact) mass is 243 g/mol. The number of benzene rings is 1. The van der Waals surface area contributed by atoms with Crippen molar-refractivity contribution in [1.82, 2.24) is 9.97 Å². The van der Waals surface area contributed by atoms with Gasteiger partial charge in [-0.05, 0) is 23.6 Å². The third-order valence-corrected chi connectivity index (χ3v) is 3.44. The molecule has 0 saturated carbocycles. The quantitative estimate of drug-likeness (QED) is 0.807. The van der Waals surface area contributed by atoms with E-state index in [1.54, 1.807) is 6.33 Å². The molecule has 0 saturated heterocycles. The van der Waals surface area contributed by atoms with Gasteiger partial charge < -0.3 is 10.3 Å². The van der Waals surface area contributed by atoms with Crippen LogP contribution in [-0.2, 0) is 0 Å². The van der Waals surface area contributed by atoms with Gasteiger partial charge in [0.2, 0.25) is 0 Å².